The van der Waals surface area contributed by atoms with Gasteiger partial charge in [0.25, 0.3) is 10.0 Å². The summed E-state index contributed by atoms with van der Waals surface area (Å²) in [6.45, 7) is 1.08. The van der Waals surface area contributed by atoms with Gasteiger partial charge in [0, 0.05) is 36.3 Å². The van der Waals surface area contributed by atoms with Crippen molar-refractivity contribution in [1.82, 2.24) is 4.31 Å². The van der Waals surface area contributed by atoms with Gasteiger partial charge < -0.3 is 4.90 Å². The second-order valence-electron chi connectivity index (χ2n) is 5.63. The third-order valence-electron chi connectivity index (χ3n) is 3.99. The molecule has 1 aromatic heterocycles. The lowest BCUT2D eigenvalue weighted by Crippen LogP contribution is -2.48. The first-order chi connectivity index (χ1) is 12.1. The minimum absolute atomic E-state index is 0.214. The summed E-state index contributed by atoms with van der Waals surface area (Å²) in [4.78, 5) is 1.77. The van der Waals surface area contributed by atoms with Crippen LogP contribution in [0.2, 0.25) is 0 Å². The standard InChI is InChI=1S/C15H13Br2F3N2O2S2/c16-12-9-13(25-14(12)17)26(23,24)22-6-4-21(5-7-22)11-3-1-2-10(8-11)15(18,19)20/h1-3,8-9H,4-7H2. The number of sulfonamides is 1. The van der Waals surface area contributed by atoms with Crippen LogP contribution >= 0.6 is 43.2 Å². The van der Waals surface area contributed by atoms with E-state index in [1.807, 2.05) is 0 Å². The van der Waals surface area contributed by atoms with Gasteiger partial charge in [-0.05, 0) is 56.1 Å². The molecule has 0 aliphatic carbocycles. The van der Waals surface area contributed by atoms with Crippen LogP contribution in [0.3, 0.4) is 0 Å². The predicted octanol–water partition coefficient (Wildman–Crippen LogP) is 4.80. The normalized spacial score (nSPS) is 16.9. The summed E-state index contributed by atoms with van der Waals surface area (Å²) in [5, 5.41) is 0. The van der Waals surface area contributed by atoms with Gasteiger partial charge in [0.15, 0.2) is 0 Å². The summed E-state index contributed by atoms with van der Waals surface area (Å²) in [5.41, 5.74) is -0.267. The van der Waals surface area contributed by atoms with Crippen molar-refractivity contribution in [3.05, 3.63) is 44.2 Å². The molecule has 1 aromatic carbocycles. The minimum atomic E-state index is -4.40. The van der Waals surface area contributed by atoms with Crippen molar-refractivity contribution in [2.24, 2.45) is 0 Å². The van der Waals surface area contributed by atoms with E-state index in [2.05, 4.69) is 31.9 Å². The molecule has 1 fully saturated rings. The molecule has 0 N–H and O–H groups in total. The van der Waals surface area contributed by atoms with Crippen molar-refractivity contribution in [2.45, 2.75) is 10.4 Å². The van der Waals surface area contributed by atoms with E-state index in [-0.39, 0.29) is 17.3 Å². The van der Waals surface area contributed by atoms with Gasteiger partial charge in [0.1, 0.15) is 4.21 Å². The molecule has 2 aromatic rings. The average Bonchev–Trinajstić information content (AvgIpc) is 2.94. The lowest BCUT2D eigenvalue weighted by Gasteiger charge is -2.35. The van der Waals surface area contributed by atoms with Crippen LogP contribution in [-0.4, -0.2) is 38.9 Å². The Bertz CT molecular complexity index is 888. The molecule has 0 radical (unpaired) electrons. The zero-order valence-electron chi connectivity index (χ0n) is 13.1. The maximum atomic E-state index is 12.9. The molecular formula is C15H13Br2F3N2O2S2. The highest BCUT2D eigenvalue weighted by atomic mass is 79.9. The Morgan fingerprint density at radius 2 is 1.69 bits per heavy atom. The van der Waals surface area contributed by atoms with Crippen LogP contribution in [-0.2, 0) is 16.2 Å². The van der Waals surface area contributed by atoms with E-state index in [0.717, 1.165) is 23.5 Å². The topological polar surface area (TPSA) is 40.6 Å². The first kappa shape index (κ1) is 20.1. The quantitative estimate of drug-likeness (QED) is 0.569. The van der Waals surface area contributed by atoms with E-state index < -0.39 is 21.8 Å². The van der Waals surface area contributed by atoms with Crippen LogP contribution in [0.1, 0.15) is 5.56 Å². The number of halogens is 5. The maximum absolute atomic E-state index is 12.9. The summed E-state index contributed by atoms with van der Waals surface area (Å²) in [7, 11) is -3.62. The SMILES string of the molecule is O=S(=O)(c1cc(Br)c(Br)s1)N1CCN(c2cccc(C(F)(F)F)c2)CC1. The Labute approximate surface area is 169 Å². The molecule has 1 saturated heterocycles. The Balaban J connectivity index is 1.73. The summed E-state index contributed by atoms with van der Waals surface area (Å²) < 4.78 is 67.0. The van der Waals surface area contributed by atoms with Gasteiger partial charge in [-0.2, -0.15) is 17.5 Å². The highest BCUT2D eigenvalue weighted by Crippen LogP contribution is 2.37. The second kappa shape index (κ2) is 7.42. The molecule has 4 nitrogen and oxygen atoms in total. The van der Waals surface area contributed by atoms with Gasteiger partial charge in [-0.1, -0.05) is 6.07 Å². The number of rotatable bonds is 3. The zero-order chi connectivity index (χ0) is 19.1. The summed E-state index contributed by atoms with van der Waals surface area (Å²) >= 11 is 7.68. The van der Waals surface area contributed by atoms with Crippen molar-refractivity contribution < 1.29 is 21.6 Å². The van der Waals surface area contributed by atoms with Crippen molar-refractivity contribution in [3.8, 4) is 0 Å². The van der Waals surface area contributed by atoms with Crippen LogP contribution in [0.4, 0.5) is 18.9 Å². The molecule has 0 amide bonds. The first-order valence-corrected chi connectivity index (χ1v) is 11.3. The summed E-state index contributed by atoms with van der Waals surface area (Å²) in [6.07, 6.45) is -4.40. The number of piperazine rings is 1. The fraction of sp³-hybridized carbons (Fsp3) is 0.333. The predicted molar refractivity (Wildman–Crippen MR) is 102 cm³/mol. The molecule has 0 spiro atoms. The molecule has 11 heteroatoms. The zero-order valence-corrected chi connectivity index (χ0v) is 17.9. The monoisotopic (exact) mass is 532 g/mol. The average molecular weight is 534 g/mol. The van der Waals surface area contributed by atoms with Crippen molar-refractivity contribution in [3.63, 3.8) is 0 Å². The number of anilines is 1. The molecular weight excluding hydrogens is 521 g/mol. The second-order valence-corrected chi connectivity index (χ2v) is 11.0. The third-order valence-corrected chi connectivity index (χ3v) is 9.60. The largest absolute Gasteiger partial charge is 0.416 e. The van der Waals surface area contributed by atoms with Crippen molar-refractivity contribution in [1.29, 1.82) is 0 Å². The molecule has 0 atom stereocenters. The lowest BCUT2D eigenvalue weighted by atomic mass is 10.1. The number of nitrogens with zero attached hydrogens (tertiary/aromatic N) is 2. The molecule has 2 heterocycles. The van der Waals surface area contributed by atoms with Gasteiger partial charge in [-0.25, -0.2) is 8.42 Å². The van der Waals surface area contributed by atoms with Gasteiger partial charge in [0.2, 0.25) is 0 Å². The molecule has 1 aliphatic rings. The van der Waals surface area contributed by atoms with Crippen LogP contribution in [0.25, 0.3) is 0 Å². The van der Waals surface area contributed by atoms with E-state index in [1.165, 1.54) is 10.4 Å². The van der Waals surface area contributed by atoms with Gasteiger partial charge in [0.05, 0.1) is 9.35 Å². The molecule has 26 heavy (non-hydrogen) atoms. The van der Waals surface area contributed by atoms with E-state index >= 15 is 0 Å². The number of thiophene rings is 1. The third kappa shape index (κ3) is 4.11. The molecule has 0 unspecified atom stereocenters. The van der Waals surface area contributed by atoms with E-state index in [4.69, 9.17) is 0 Å². The minimum Gasteiger partial charge on any atom is -0.369 e. The molecule has 142 valence electrons. The van der Waals surface area contributed by atoms with Crippen LogP contribution in [0.15, 0.2) is 42.8 Å². The Hall–Kier alpha value is -0.620. The lowest BCUT2D eigenvalue weighted by molar-refractivity contribution is -0.137. The number of hydrogen-bond acceptors (Lipinski definition) is 4. The Morgan fingerprint density at radius 3 is 2.23 bits per heavy atom. The molecule has 1 aliphatic heterocycles. The summed E-state index contributed by atoms with van der Waals surface area (Å²) in [6, 6.07) is 6.63. The van der Waals surface area contributed by atoms with Gasteiger partial charge >= 0.3 is 6.18 Å². The summed E-state index contributed by atoms with van der Waals surface area (Å²) in [5.74, 6) is 0. The first-order valence-electron chi connectivity index (χ1n) is 7.46. The number of alkyl halides is 3. The van der Waals surface area contributed by atoms with Crippen molar-refractivity contribution in [2.75, 3.05) is 31.1 Å². The smallest absolute Gasteiger partial charge is 0.369 e. The number of hydrogen-bond donors (Lipinski definition) is 0. The van der Waals surface area contributed by atoms with Crippen LogP contribution < -0.4 is 4.90 Å². The molecule has 3 rings (SSSR count). The van der Waals surface area contributed by atoms with E-state index in [1.54, 1.807) is 17.0 Å². The van der Waals surface area contributed by atoms with Gasteiger partial charge in [-0.3, -0.25) is 0 Å². The highest BCUT2D eigenvalue weighted by molar-refractivity contribution is 9.13. The fourth-order valence-corrected chi connectivity index (χ4v) is 7.04. The Kier molecular flexibility index (Phi) is 5.74. The Morgan fingerprint density at radius 1 is 1.04 bits per heavy atom. The maximum Gasteiger partial charge on any atom is 0.416 e. The van der Waals surface area contributed by atoms with E-state index in [0.29, 0.717) is 27.0 Å². The van der Waals surface area contributed by atoms with Gasteiger partial charge in [-0.15, -0.1) is 11.3 Å². The van der Waals surface area contributed by atoms with Crippen molar-refractivity contribution >= 4 is 58.9 Å². The molecule has 0 saturated carbocycles. The highest BCUT2D eigenvalue weighted by Gasteiger charge is 2.33. The number of benzene rings is 1. The fourth-order valence-electron chi connectivity index (χ4n) is 2.65. The molecule has 0 bridgehead atoms. The van der Waals surface area contributed by atoms with Crippen LogP contribution in [0, 0.1) is 0 Å². The van der Waals surface area contributed by atoms with Crippen LogP contribution in [0.5, 0.6) is 0 Å². The van der Waals surface area contributed by atoms with E-state index in [9.17, 15) is 21.6 Å².